The second kappa shape index (κ2) is 3.06. The van der Waals surface area contributed by atoms with E-state index in [2.05, 4.69) is 11.4 Å². The molecule has 2 rings (SSSR count). The highest BCUT2D eigenvalue weighted by atomic mass is 19.1. The van der Waals surface area contributed by atoms with Crippen LogP contribution in [0.15, 0.2) is 18.2 Å². The number of fused-ring (bicyclic) bond motifs is 1. The van der Waals surface area contributed by atoms with Gasteiger partial charge in [0.25, 0.3) is 0 Å². The van der Waals surface area contributed by atoms with E-state index in [0.717, 1.165) is 17.8 Å². The van der Waals surface area contributed by atoms with Crippen LogP contribution in [0.1, 0.15) is 17.9 Å². The maximum atomic E-state index is 12.9. The molecule has 1 N–H and O–H groups in total. The highest BCUT2D eigenvalue weighted by molar-refractivity contribution is 5.57. The molecule has 1 unspecified atom stereocenters. The van der Waals surface area contributed by atoms with E-state index in [0.29, 0.717) is 6.42 Å². The molecule has 0 saturated carbocycles. The lowest BCUT2D eigenvalue weighted by molar-refractivity contribution is 0.623. The van der Waals surface area contributed by atoms with E-state index in [1.54, 1.807) is 6.07 Å². The summed E-state index contributed by atoms with van der Waals surface area (Å²) in [4.78, 5) is 0. The van der Waals surface area contributed by atoms with E-state index in [9.17, 15) is 4.39 Å². The number of benzene rings is 1. The minimum absolute atomic E-state index is 0.149. The van der Waals surface area contributed by atoms with Gasteiger partial charge in [-0.1, -0.05) is 0 Å². The van der Waals surface area contributed by atoms with Gasteiger partial charge in [0.2, 0.25) is 0 Å². The minimum atomic E-state index is -0.231. The van der Waals surface area contributed by atoms with Gasteiger partial charge in [0.15, 0.2) is 0 Å². The Balaban J connectivity index is 2.36. The molecule has 1 aromatic rings. The second-order valence-electron chi connectivity index (χ2n) is 3.17. The van der Waals surface area contributed by atoms with Gasteiger partial charge in [0, 0.05) is 24.6 Å². The summed E-state index contributed by atoms with van der Waals surface area (Å²) in [6, 6.07) is 6.77. The minimum Gasteiger partial charge on any atom is -0.384 e. The lowest BCUT2D eigenvalue weighted by Gasteiger charge is -2.03. The van der Waals surface area contributed by atoms with Crippen molar-refractivity contribution in [3.8, 4) is 6.07 Å². The summed E-state index contributed by atoms with van der Waals surface area (Å²) in [6.45, 7) is 0.742. The zero-order valence-corrected chi connectivity index (χ0v) is 7.05. The molecule has 1 aromatic carbocycles. The zero-order chi connectivity index (χ0) is 9.26. The van der Waals surface area contributed by atoms with Crippen molar-refractivity contribution in [3.05, 3.63) is 29.6 Å². The second-order valence-corrected chi connectivity index (χ2v) is 3.17. The average Bonchev–Trinajstić information content (AvgIpc) is 2.49. The molecule has 66 valence electrons. The maximum absolute atomic E-state index is 12.9. The molecule has 0 amide bonds. The van der Waals surface area contributed by atoms with Crippen LogP contribution in [0.3, 0.4) is 0 Å². The first-order valence-electron chi connectivity index (χ1n) is 4.21. The van der Waals surface area contributed by atoms with Crippen LogP contribution in [-0.4, -0.2) is 6.54 Å². The summed E-state index contributed by atoms with van der Waals surface area (Å²) in [7, 11) is 0. The van der Waals surface area contributed by atoms with Crippen molar-refractivity contribution < 1.29 is 4.39 Å². The van der Waals surface area contributed by atoms with Gasteiger partial charge in [-0.3, -0.25) is 0 Å². The quantitative estimate of drug-likeness (QED) is 0.712. The van der Waals surface area contributed by atoms with Gasteiger partial charge in [-0.15, -0.1) is 0 Å². The fraction of sp³-hybridized carbons (Fsp3) is 0.300. The normalized spacial score (nSPS) is 18.9. The van der Waals surface area contributed by atoms with Gasteiger partial charge >= 0.3 is 0 Å². The molecule has 1 heterocycles. The first-order chi connectivity index (χ1) is 6.31. The van der Waals surface area contributed by atoms with Crippen molar-refractivity contribution in [3.63, 3.8) is 0 Å². The molecule has 0 saturated heterocycles. The van der Waals surface area contributed by atoms with Crippen molar-refractivity contribution in [2.75, 3.05) is 11.9 Å². The number of nitriles is 1. The summed E-state index contributed by atoms with van der Waals surface area (Å²) in [6.07, 6.45) is 0.448. The van der Waals surface area contributed by atoms with Crippen LogP contribution in [0.25, 0.3) is 0 Å². The molecule has 1 aliphatic heterocycles. The summed E-state index contributed by atoms with van der Waals surface area (Å²) in [5.41, 5.74) is 1.89. The maximum Gasteiger partial charge on any atom is 0.123 e. The molecule has 1 aliphatic rings. The van der Waals surface area contributed by atoms with E-state index in [-0.39, 0.29) is 11.7 Å². The Labute approximate surface area is 76.0 Å². The first-order valence-corrected chi connectivity index (χ1v) is 4.21. The van der Waals surface area contributed by atoms with Gasteiger partial charge in [-0.05, 0) is 23.8 Å². The number of anilines is 1. The Morgan fingerprint density at radius 3 is 3.23 bits per heavy atom. The van der Waals surface area contributed by atoms with Crippen molar-refractivity contribution in [1.82, 2.24) is 0 Å². The van der Waals surface area contributed by atoms with E-state index in [4.69, 9.17) is 5.26 Å². The molecule has 0 aromatic heterocycles. The Bertz CT molecular complexity index is 368. The van der Waals surface area contributed by atoms with Crippen LogP contribution in [-0.2, 0) is 0 Å². The van der Waals surface area contributed by atoms with Crippen LogP contribution >= 0.6 is 0 Å². The SMILES string of the molecule is N#CCC1CNc2ccc(F)cc21. The van der Waals surface area contributed by atoms with Gasteiger partial charge in [0.05, 0.1) is 6.07 Å². The van der Waals surface area contributed by atoms with Crippen molar-refractivity contribution in [1.29, 1.82) is 5.26 Å². The summed E-state index contributed by atoms with van der Waals surface area (Å²) >= 11 is 0. The van der Waals surface area contributed by atoms with E-state index in [1.807, 2.05) is 0 Å². The number of hydrogen-bond donors (Lipinski definition) is 1. The third kappa shape index (κ3) is 1.35. The Hall–Kier alpha value is -1.56. The Kier molecular flexibility index (Phi) is 1.90. The first kappa shape index (κ1) is 8.06. The number of nitrogens with one attached hydrogen (secondary N) is 1. The topological polar surface area (TPSA) is 35.8 Å². The van der Waals surface area contributed by atoms with Crippen LogP contribution < -0.4 is 5.32 Å². The molecule has 0 bridgehead atoms. The number of rotatable bonds is 1. The predicted octanol–water partition coefficient (Wildman–Crippen LogP) is 2.25. The number of hydrogen-bond acceptors (Lipinski definition) is 2. The van der Waals surface area contributed by atoms with Crippen molar-refractivity contribution in [2.45, 2.75) is 12.3 Å². The fourth-order valence-electron chi connectivity index (χ4n) is 1.67. The molecule has 0 spiro atoms. The summed E-state index contributed by atoms with van der Waals surface area (Å²) in [5.74, 6) is -0.0823. The van der Waals surface area contributed by atoms with Crippen LogP contribution in [0.4, 0.5) is 10.1 Å². The third-order valence-corrected chi connectivity index (χ3v) is 2.33. The highest BCUT2D eigenvalue weighted by Crippen LogP contribution is 2.33. The number of halogens is 1. The molecule has 3 heteroatoms. The molecular weight excluding hydrogens is 167 g/mol. The van der Waals surface area contributed by atoms with Crippen LogP contribution in [0.5, 0.6) is 0 Å². The standard InChI is InChI=1S/C10H9FN2/c11-8-1-2-10-9(5-8)7(3-4-12)6-13-10/h1-2,5,7,13H,3,6H2. The van der Waals surface area contributed by atoms with Gasteiger partial charge in [-0.25, -0.2) is 4.39 Å². The molecule has 1 atom stereocenters. The summed E-state index contributed by atoms with van der Waals surface area (Å²) in [5, 5.41) is 11.7. The smallest absolute Gasteiger partial charge is 0.123 e. The van der Waals surface area contributed by atoms with Crippen molar-refractivity contribution in [2.24, 2.45) is 0 Å². The predicted molar refractivity (Wildman–Crippen MR) is 47.9 cm³/mol. The van der Waals surface area contributed by atoms with E-state index < -0.39 is 0 Å². The fourth-order valence-corrected chi connectivity index (χ4v) is 1.67. The van der Waals surface area contributed by atoms with Crippen molar-refractivity contribution >= 4 is 5.69 Å². The average molecular weight is 176 g/mol. The summed E-state index contributed by atoms with van der Waals surface area (Å²) < 4.78 is 12.9. The molecule has 13 heavy (non-hydrogen) atoms. The lowest BCUT2D eigenvalue weighted by atomic mass is 9.99. The molecule has 0 fully saturated rings. The van der Waals surface area contributed by atoms with Gasteiger partial charge < -0.3 is 5.32 Å². The highest BCUT2D eigenvalue weighted by Gasteiger charge is 2.21. The van der Waals surface area contributed by atoms with Crippen LogP contribution in [0.2, 0.25) is 0 Å². The Morgan fingerprint density at radius 1 is 1.62 bits per heavy atom. The third-order valence-electron chi connectivity index (χ3n) is 2.33. The molecule has 2 nitrogen and oxygen atoms in total. The van der Waals surface area contributed by atoms with Gasteiger partial charge in [-0.2, -0.15) is 5.26 Å². The van der Waals surface area contributed by atoms with Gasteiger partial charge in [0.1, 0.15) is 5.82 Å². The molecule has 0 aliphatic carbocycles. The monoisotopic (exact) mass is 176 g/mol. The lowest BCUT2D eigenvalue weighted by Crippen LogP contribution is -2.00. The largest absolute Gasteiger partial charge is 0.384 e. The van der Waals surface area contributed by atoms with E-state index >= 15 is 0 Å². The Morgan fingerprint density at radius 2 is 2.46 bits per heavy atom. The van der Waals surface area contributed by atoms with E-state index in [1.165, 1.54) is 12.1 Å². The van der Waals surface area contributed by atoms with Crippen LogP contribution in [0, 0.1) is 17.1 Å². The zero-order valence-electron chi connectivity index (χ0n) is 7.05. The molecule has 0 radical (unpaired) electrons. The molecular formula is C10H9FN2. The number of nitrogens with zero attached hydrogens (tertiary/aromatic N) is 1.